The topological polar surface area (TPSA) is 17.1 Å². The average molecular weight is 87.1 g/mol. The van der Waals surface area contributed by atoms with Crippen molar-refractivity contribution in [3.05, 3.63) is 6.42 Å². The van der Waals surface area contributed by atoms with E-state index in [1.54, 1.807) is 6.42 Å². The lowest BCUT2D eigenvalue weighted by atomic mass is 10.5. The van der Waals surface area contributed by atoms with Gasteiger partial charge in [-0.3, -0.25) is 4.79 Å². The van der Waals surface area contributed by atoms with Gasteiger partial charge in [0.15, 0.2) is 5.12 Å². The third kappa shape index (κ3) is 0.453. The monoisotopic (exact) mass is 87.0 g/mol. The second-order valence-electron chi connectivity index (χ2n) is 0.834. The van der Waals surface area contributed by atoms with Crippen LogP contribution in [-0.2, 0) is 4.79 Å². The fourth-order valence-electron chi connectivity index (χ4n) is 0.151. The summed E-state index contributed by atoms with van der Waals surface area (Å²) in [6.07, 6.45) is 1.67. The maximum Gasteiger partial charge on any atom is 0.193 e. The molecule has 2 heteroatoms. The van der Waals surface area contributed by atoms with E-state index in [0.29, 0.717) is 0 Å². The van der Waals surface area contributed by atoms with Crippen LogP contribution in [0.3, 0.4) is 0 Å². The SMILES string of the molecule is O=C1[CH]CS1. The molecule has 1 aliphatic heterocycles. The summed E-state index contributed by atoms with van der Waals surface area (Å²) in [5.74, 6) is 0.929. The zero-order chi connectivity index (χ0) is 3.70. The molecule has 0 aromatic heterocycles. The Bertz CT molecular complexity index is 53.9. The Morgan fingerprint density at radius 3 is 2.40 bits per heavy atom. The number of thioether (sulfide) groups is 1. The van der Waals surface area contributed by atoms with E-state index in [9.17, 15) is 4.79 Å². The molecule has 0 aliphatic carbocycles. The molecular formula is C3H3OS. The highest BCUT2D eigenvalue weighted by Crippen LogP contribution is 2.16. The van der Waals surface area contributed by atoms with Gasteiger partial charge in [0.25, 0.3) is 0 Å². The molecule has 0 saturated carbocycles. The molecule has 0 spiro atoms. The van der Waals surface area contributed by atoms with E-state index in [1.807, 2.05) is 0 Å². The van der Waals surface area contributed by atoms with Gasteiger partial charge in [-0.1, -0.05) is 11.8 Å². The van der Waals surface area contributed by atoms with Crippen molar-refractivity contribution in [2.24, 2.45) is 0 Å². The summed E-state index contributed by atoms with van der Waals surface area (Å²) in [6, 6.07) is 0. The van der Waals surface area contributed by atoms with Crippen molar-refractivity contribution in [1.29, 1.82) is 0 Å². The maximum atomic E-state index is 9.81. The van der Waals surface area contributed by atoms with Crippen molar-refractivity contribution in [2.75, 3.05) is 5.75 Å². The molecule has 1 radical (unpaired) electrons. The van der Waals surface area contributed by atoms with E-state index in [2.05, 4.69) is 0 Å². The molecule has 5 heavy (non-hydrogen) atoms. The molecule has 0 amide bonds. The minimum atomic E-state index is 0.227. The Morgan fingerprint density at radius 1 is 2.00 bits per heavy atom. The predicted octanol–water partition coefficient (Wildman–Crippen LogP) is 0.464. The Morgan fingerprint density at radius 2 is 2.40 bits per heavy atom. The molecule has 1 saturated heterocycles. The molecule has 1 heterocycles. The molecule has 1 rings (SSSR count). The first kappa shape index (κ1) is 3.22. The van der Waals surface area contributed by atoms with E-state index >= 15 is 0 Å². The van der Waals surface area contributed by atoms with Crippen LogP contribution in [0.4, 0.5) is 0 Å². The molecule has 0 aromatic rings. The minimum absolute atomic E-state index is 0.227. The fourth-order valence-corrected chi connectivity index (χ4v) is 0.454. The molecule has 27 valence electrons. The summed E-state index contributed by atoms with van der Waals surface area (Å²) in [4.78, 5) is 9.81. The van der Waals surface area contributed by atoms with E-state index in [4.69, 9.17) is 0 Å². The third-order valence-electron chi connectivity index (χ3n) is 0.476. The Kier molecular flexibility index (Phi) is 0.651. The number of carbonyl (C=O) groups is 1. The van der Waals surface area contributed by atoms with Crippen LogP contribution in [0.5, 0.6) is 0 Å². The Labute approximate surface area is 34.7 Å². The summed E-state index contributed by atoms with van der Waals surface area (Å²) in [5, 5.41) is 0.227. The van der Waals surface area contributed by atoms with Crippen LogP contribution in [0.15, 0.2) is 0 Å². The first-order valence-corrected chi connectivity index (χ1v) is 2.38. The lowest BCUT2D eigenvalue weighted by Gasteiger charge is -2.03. The van der Waals surface area contributed by atoms with Crippen LogP contribution >= 0.6 is 11.8 Å². The molecule has 0 bridgehead atoms. The second kappa shape index (κ2) is 1.01. The largest absolute Gasteiger partial charge is 0.287 e. The van der Waals surface area contributed by atoms with Gasteiger partial charge in [-0.05, 0) is 0 Å². The van der Waals surface area contributed by atoms with E-state index in [-0.39, 0.29) is 5.12 Å². The number of rotatable bonds is 0. The summed E-state index contributed by atoms with van der Waals surface area (Å²) < 4.78 is 0. The van der Waals surface area contributed by atoms with Crippen molar-refractivity contribution in [3.63, 3.8) is 0 Å². The summed E-state index contributed by atoms with van der Waals surface area (Å²) in [7, 11) is 0. The van der Waals surface area contributed by atoms with Gasteiger partial charge >= 0.3 is 0 Å². The fraction of sp³-hybridized carbons (Fsp3) is 0.333. The van der Waals surface area contributed by atoms with E-state index in [0.717, 1.165) is 5.75 Å². The smallest absolute Gasteiger partial charge is 0.193 e. The van der Waals surface area contributed by atoms with E-state index in [1.165, 1.54) is 11.8 Å². The van der Waals surface area contributed by atoms with Gasteiger partial charge in [0, 0.05) is 12.2 Å². The minimum Gasteiger partial charge on any atom is -0.287 e. The van der Waals surface area contributed by atoms with Crippen molar-refractivity contribution in [2.45, 2.75) is 0 Å². The third-order valence-corrected chi connectivity index (χ3v) is 1.26. The second-order valence-corrected chi connectivity index (χ2v) is 1.86. The lowest BCUT2D eigenvalue weighted by Crippen LogP contribution is -2.06. The van der Waals surface area contributed by atoms with Crippen LogP contribution in [0, 0.1) is 6.42 Å². The van der Waals surface area contributed by atoms with Gasteiger partial charge < -0.3 is 0 Å². The van der Waals surface area contributed by atoms with Crippen molar-refractivity contribution >= 4 is 16.9 Å². The zero-order valence-electron chi connectivity index (χ0n) is 2.60. The highest BCUT2D eigenvalue weighted by atomic mass is 32.2. The summed E-state index contributed by atoms with van der Waals surface area (Å²) >= 11 is 1.37. The van der Waals surface area contributed by atoms with Crippen molar-refractivity contribution in [3.8, 4) is 0 Å². The number of hydrogen-bond acceptors (Lipinski definition) is 2. The van der Waals surface area contributed by atoms with Crippen LogP contribution in [0.25, 0.3) is 0 Å². The van der Waals surface area contributed by atoms with E-state index < -0.39 is 0 Å². The molecular weight excluding hydrogens is 84.1 g/mol. The van der Waals surface area contributed by atoms with Gasteiger partial charge in [-0.2, -0.15) is 0 Å². The molecule has 0 atom stereocenters. The lowest BCUT2D eigenvalue weighted by molar-refractivity contribution is -0.108. The number of carbonyl (C=O) groups excluding carboxylic acids is 1. The molecule has 0 N–H and O–H groups in total. The maximum absolute atomic E-state index is 9.81. The normalized spacial score (nSPS) is 22.0. The van der Waals surface area contributed by atoms with Gasteiger partial charge in [0.1, 0.15) is 0 Å². The Hall–Kier alpha value is 0.0200. The standard InChI is InChI=1S/C3H3OS/c4-3-1-2-5-3/h1H,2H2. The first-order valence-electron chi connectivity index (χ1n) is 1.39. The van der Waals surface area contributed by atoms with Crippen LogP contribution in [-0.4, -0.2) is 10.9 Å². The van der Waals surface area contributed by atoms with Crippen molar-refractivity contribution < 1.29 is 4.79 Å². The van der Waals surface area contributed by atoms with Crippen molar-refractivity contribution in [1.82, 2.24) is 0 Å². The van der Waals surface area contributed by atoms with Gasteiger partial charge in [-0.25, -0.2) is 0 Å². The average Bonchev–Trinajstić information content (AvgIpc) is 1.30. The molecule has 1 nitrogen and oxygen atoms in total. The van der Waals surface area contributed by atoms with Crippen LogP contribution in [0.1, 0.15) is 0 Å². The highest BCUT2D eigenvalue weighted by Gasteiger charge is 2.11. The Balaban J connectivity index is 2.32. The zero-order valence-corrected chi connectivity index (χ0v) is 3.42. The highest BCUT2D eigenvalue weighted by molar-refractivity contribution is 8.16. The molecule has 1 aliphatic rings. The predicted molar refractivity (Wildman–Crippen MR) is 21.8 cm³/mol. The summed E-state index contributed by atoms with van der Waals surface area (Å²) in [6.45, 7) is 0. The summed E-state index contributed by atoms with van der Waals surface area (Å²) in [5.41, 5.74) is 0. The van der Waals surface area contributed by atoms with Gasteiger partial charge in [0.2, 0.25) is 0 Å². The molecule has 0 aromatic carbocycles. The molecule has 0 unspecified atom stereocenters. The first-order chi connectivity index (χ1) is 2.39. The quantitative estimate of drug-likeness (QED) is 0.427. The van der Waals surface area contributed by atoms with Crippen LogP contribution in [0.2, 0.25) is 0 Å². The van der Waals surface area contributed by atoms with Gasteiger partial charge in [0.05, 0.1) is 0 Å². The molecule has 1 fully saturated rings. The number of hydrogen-bond donors (Lipinski definition) is 0. The van der Waals surface area contributed by atoms with Crippen LogP contribution < -0.4 is 0 Å². The van der Waals surface area contributed by atoms with Gasteiger partial charge in [-0.15, -0.1) is 0 Å².